The Balaban J connectivity index is 0. The lowest BCUT2D eigenvalue weighted by Gasteiger charge is -1.85. The smallest absolute Gasteiger partial charge is 0.261 e. The lowest BCUT2D eigenvalue weighted by atomic mass is 10.4. The van der Waals surface area contributed by atoms with Crippen LogP contribution in [0.15, 0.2) is 53.5 Å². The van der Waals surface area contributed by atoms with Crippen LogP contribution in [0.3, 0.4) is 0 Å². The fourth-order valence-electron chi connectivity index (χ4n) is 0.561. The van der Waals surface area contributed by atoms with E-state index in [1.54, 1.807) is 23.0 Å². The lowest BCUT2D eigenvalue weighted by molar-refractivity contribution is 0.490. The highest BCUT2D eigenvalue weighted by Crippen LogP contribution is 1.85. The minimum atomic E-state index is -3.67. The van der Waals surface area contributed by atoms with Gasteiger partial charge in [-0.25, -0.2) is 0 Å². The maximum absolute atomic E-state index is 9.19. The third-order valence-electron chi connectivity index (χ3n) is 1.01. The fraction of sp³-hybridized carbons (Fsp3) is 0.100. The first-order valence-electron chi connectivity index (χ1n) is 4.81. The zero-order valence-electron chi connectivity index (χ0n) is 10.5. The molecule has 0 saturated heterocycles. The number of hydrogen-bond acceptors (Lipinski definition) is 6. The molecule has 0 saturated carbocycles. The van der Waals surface area contributed by atoms with Gasteiger partial charge in [0.2, 0.25) is 0 Å². The highest BCUT2D eigenvalue weighted by Gasteiger charge is 1.81. The molecule has 0 aliphatic carbocycles. The van der Waals surface area contributed by atoms with Crippen LogP contribution in [0.4, 0.5) is 0 Å². The first-order chi connectivity index (χ1) is 9.23. The van der Waals surface area contributed by atoms with Crippen LogP contribution in [-0.2, 0) is 21.4 Å². The zero-order chi connectivity index (χ0) is 15.9. The molecule has 1 aromatic heterocycles. The monoisotopic (exact) mass is 339 g/mol. The standard InChI is InChI=1S/C6H6.C3H3NS.CH4O3S.H3NO2S/c1-2-4-6-5-3-1;1-2-5-3-4-1;1-5(2,3)4;1-4(2)3/h1-6H;1-3H;1H3,(H,2,3,4);1H2,(H,2,3)/p-1. The number of hydrogen-bond donors (Lipinski definition) is 2. The molecule has 0 bridgehead atoms. The second-order valence-corrected chi connectivity index (χ2v) is 5.57. The van der Waals surface area contributed by atoms with Crippen molar-refractivity contribution in [2.24, 2.45) is 5.14 Å². The van der Waals surface area contributed by atoms with E-state index in [-0.39, 0.29) is 0 Å². The Morgan fingerprint density at radius 3 is 1.60 bits per heavy atom. The fourth-order valence-corrected chi connectivity index (χ4v) is 0.912. The summed E-state index contributed by atoms with van der Waals surface area (Å²) in [5, 5.41) is 5.96. The van der Waals surface area contributed by atoms with Gasteiger partial charge in [-0.2, -0.15) is 8.42 Å². The van der Waals surface area contributed by atoms with E-state index in [1.807, 2.05) is 41.8 Å². The molecule has 1 aromatic carbocycles. The summed E-state index contributed by atoms with van der Waals surface area (Å²) >= 11 is -0.759. The van der Waals surface area contributed by atoms with Gasteiger partial charge in [-0.05, 0) is 0 Å². The average molecular weight is 339 g/mol. The molecule has 20 heavy (non-hydrogen) atoms. The van der Waals surface area contributed by atoms with Crippen molar-refractivity contribution in [2.75, 3.05) is 6.26 Å². The molecule has 1 heterocycles. The van der Waals surface area contributed by atoms with Gasteiger partial charge in [0.15, 0.2) is 0 Å². The third kappa shape index (κ3) is 43.6. The molecule has 114 valence electrons. The molecule has 0 aliphatic rings. The predicted octanol–water partition coefficient (Wildman–Crippen LogP) is 1.07. The predicted molar refractivity (Wildman–Crippen MR) is 79.1 cm³/mol. The summed E-state index contributed by atoms with van der Waals surface area (Å²) in [7, 11) is -3.67. The first-order valence-corrected chi connectivity index (χ1v) is 8.74. The van der Waals surface area contributed by atoms with Crippen molar-refractivity contribution in [1.82, 2.24) is 4.98 Å². The van der Waals surface area contributed by atoms with Crippen molar-refractivity contribution < 1.29 is 21.7 Å². The number of thiazole rings is 1. The Kier molecular flexibility index (Phi) is 15.1. The van der Waals surface area contributed by atoms with E-state index < -0.39 is 21.4 Å². The van der Waals surface area contributed by atoms with E-state index in [1.165, 1.54) is 0 Å². The molecule has 3 N–H and O–H groups in total. The second-order valence-electron chi connectivity index (χ2n) is 2.82. The number of rotatable bonds is 0. The first kappa shape index (κ1) is 21.1. The zero-order valence-corrected chi connectivity index (χ0v) is 13.0. The van der Waals surface area contributed by atoms with E-state index in [4.69, 9.17) is 13.3 Å². The molecule has 1 atom stereocenters. The van der Waals surface area contributed by atoms with Crippen molar-refractivity contribution in [2.45, 2.75) is 0 Å². The number of aromatic nitrogens is 1. The van der Waals surface area contributed by atoms with Crippen molar-refractivity contribution >= 4 is 32.7 Å². The van der Waals surface area contributed by atoms with Gasteiger partial charge in [-0.15, -0.1) is 11.3 Å². The van der Waals surface area contributed by atoms with E-state index in [9.17, 15) is 8.42 Å². The van der Waals surface area contributed by atoms with Crippen LogP contribution in [0, 0.1) is 0 Å². The van der Waals surface area contributed by atoms with Crippen molar-refractivity contribution in [3.63, 3.8) is 0 Å². The Hall–Kier alpha value is -1.17. The maximum atomic E-state index is 9.19. The lowest BCUT2D eigenvalue weighted by Crippen LogP contribution is -1.97. The summed E-state index contributed by atoms with van der Waals surface area (Å²) < 4.78 is 43.4. The van der Waals surface area contributed by atoms with Gasteiger partial charge in [0.05, 0.1) is 11.8 Å². The summed E-state index contributed by atoms with van der Waals surface area (Å²) in [6, 6.07) is 12.0. The second kappa shape index (κ2) is 14.2. The van der Waals surface area contributed by atoms with E-state index in [2.05, 4.69) is 10.1 Å². The van der Waals surface area contributed by atoms with Crippen molar-refractivity contribution in [3.8, 4) is 0 Å². The largest absolute Gasteiger partial charge is 0.760 e. The molecule has 10 heteroatoms. The quantitative estimate of drug-likeness (QED) is 0.545. The Morgan fingerprint density at radius 1 is 1.20 bits per heavy atom. The molecule has 0 aliphatic heterocycles. The van der Waals surface area contributed by atoms with Crippen LogP contribution in [0.5, 0.6) is 0 Å². The Labute approximate surface area is 124 Å². The molecular weight excluding hydrogens is 324 g/mol. The highest BCUT2D eigenvalue weighted by molar-refractivity contribution is 7.85. The highest BCUT2D eigenvalue weighted by atomic mass is 32.2. The Morgan fingerprint density at radius 2 is 1.50 bits per heavy atom. The van der Waals surface area contributed by atoms with Gasteiger partial charge in [0, 0.05) is 22.8 Å². The molecule has 2 rings (SSSR count). The van der Waals surface area contributed by atoms with Crippen LogP contribution in [0.2, 0.25) is 0 Å². The molecule has 0 spiro atoms. The van der Waals surface area contributed by atoms with Gasteiger partial charge in [-0.1, -0.05) is 36.4 Å². The van der Waals surface area contributed by atoms with Crippen LogP contribution in [0.25, 0.3) is 0 Å². The number of benzene rings is 1. The number of nitrogens with two attached hydrogens (primary N) is 1. The topological polar surface area (TPSA) is 133 Å². The van der Waals surface area contributed by atoms with E-state index in [0.29, 0.717) is 6.26 Å². The van der Waals surface area contributed by atoms with Gasteiger partial charge >= 0.3 is 0 Å². The summed E-state index contributed by atoms with van der Waals surface area (Å²) in [6.45, 7) is 0. The van der Waals surface area contributed by atoms with E-state index >= 15 is 0 Å². The molecule has 1 unspecified atom stereocenters. The third-order valence-corrected chi connectivity index (χ3v) is 1.54. The van der Waals surface area contributed by atoms with Gasteiger partial charge in [0.25, 0.3) is 10.1 Å². The maximum Gasteiger partial charge on any atom is 0.261 e. The summed E-state index contributed by atoms with van der Waals surface area (Å²) in [5.41, 5.74) is 1.79. The van der Waals surface area contributed by atoms with Crippen LogP contribution >= 0.6 is 11.3 Å². The summed E-state index contributed by atoms with van der Waals surface area (Å²) in [4.78, 5) is 3.74. The molecule has 0 fully saturated rings. The molecule has 7 nitrogen and oxygen atoms in total. The molecular formula is C10H15N2O5S3-. The van der Waals surface area contributed by atoms with Gasteiger partial charge in [-0.3, -0.25) is 18.9 Å². The van der Waals surface area contributed by atoms with Gasteiger partial charge in [0.1, 0.15) is 0 Å². The Bertz CT molecular complexity index is 461. The average Bonchev–Trinajstić information content (AvgIpc) is 2.86. The molecule has 2 aromatic rings. The SMILES string of the molecule is CS(=O)(=O)O.NS(=O)[O-].c1ccccc1.c1cscn1. The summed E-state index contributed by atoms with van der Waals surface area (Å²) in [6.07, 6.45) is 2.48. The minimum absolute atomic E-state index is 0.715. The normalized spacial score (nSPS) is 10.4. The molecule has 0 radical (unpaired) electrons. The van der Waals surface area contributed by atoms with Gasteiger partial charge < -0.3 is 4.55 Å². The van der Waals surface area contributed by atoms with Crippen molar-refractivity contribution in [1.29, 1.82) is 0 Å². The van der Waals surface area contributed by atoms with E-state index in [0.717, 1.165) is 0 Å². The van der Waals surface area contributed by atoms with Crippen LogP contribution in [0.1, 0.15) is 0 Å². The van der Waals surface area contributed by atoms with Crippen molar-refractivity contribution in [3.05, 3.63) is 53.5 Å². The minimum Gasteiger partial charge on any atom is -0.760 e. The summed E-state index contributed by atoms with van der Waals surface area (Å²) in [5.74, 6) is 0. The van der Waals surface area contributed by atoms with Crippen LogP contribution in [-0.4, -0.2) is 33.0 Å². The van der Waals surface area contributed by atoms with Crippen LogP contribution < -0.4 is 5.14 Å². The molecule has 0 amide bonds. The number of nitrogens with zero attached hydrogens (tertiary/aromatic N) is 1.